The lowest BCUT2D eigenvalue weighted by molar-refractivity contribution is 0.0697. The second-order valence-corrected chi connectivity index (χ2v) is 9.55. The molecule has 2 heterocycles. The molecule has 0 saturated carbocycles. The smallest absolute Gasteiger partial charge is 0.335 e. The summed E-state index contributed by atoms with van der Waals surface area (Å²) < 4.78 is 17.1. The van der Waals surface area contributed by atoms with E-state index in [2.05, 4.69) is 29.3 Å². The third-order valence-electron chi connectivity index (χ3n) is 7.25. The number of benzene rings is 3. The number of hydrogen-bond acceptors (Lipinski definition) is 6. The molecule has 7 heteroatoms. The number of carboxylic acids is 1. The van der Waals surface area contributed by atoms with Crippen molar-refractivity contribution in [2.75, 3.05) is 32.6 Å². The SMILES string of the molecule is COc1ccc(NC2=C(C)CC3c4cc(OC)c(OCc5ccc(C(=O)O)cc5)cc4CCN3C2)cc1. The van der Waals surface area contributed by atoms with Crippen LogP contribution in [-0.2, 0) is 13.0 Å². The summed E-state index contributed by atoms with van der Waals surface area (Å²) in [5.41, 5.74) is 7.42. The van der Waals surface area contributed by atoms with E-state index in [1.54, 1.807) is 38.5 Å². The van der Waals surface area contributed by atoms with Gasteiger partial charge in [0.2, 0.25) is 0 Å². The van der Waals surface area contributed by atoms with Crippen molar-refractivity contribution in [2.45, 2.75) is 32.4 Å². The molecule has 192 valence electrons. The molecule has 2 aliphatic heterocycles. The van der Waals surface area contributed by atoms with Crippen molar-refractivity contribution in [1.82, 2.24) is 4.90 Å². The van der Waals surface area contributed by atoms with Gasteiger partial charge in [-0.25, -0.2) is 4.79 Å². The normalized spacial score (nSPS) is 17.0. The third kappa shape index (κ3) is 5.27. The lowest BCUT2D eigenvalue weighted by Gasteiger charge is -2.42. The number of methoxy groups -OCH3 is 2. The molecular formula is C30H32N2O5. The molecule has 1 unspecified atom stereocenters. The third-order valence-corrected chi connectivity index (χ3v) is 7.25. The van der Waals surface area contributed by atoms with Gasteiger partial charge in [-0.15, -0.1) is 0 Å². The van der Waals surface area contributed by atoms with E-state index < -0.39 is 5.97 Å². The summed E-state index contributed by atoms with van der Waals surface area (Å²) >= 11 is 0. The van der Waals surface area contributed by atoms with Crippen LogP contribution < -0.4 is 19.5 Å². The summed E-state index contributed by atoms with van der Waals surface area (Å²) in [6, 6.07) is 19.3. The van der Waals surface area contributed by atoms with Crippen molar-refractivity contribution in [1.29, 1.82) is 0 Å². The van der Waals surface area contributed by atoms with Gasteiger partial charge in [0.1, 0.15) is 12.4 Å². The van der Waals surface area contributed by atoms with Gasteiger partial charge in [0.05, 0.1) is 19.8 Å². The molecule has 0 aliphatic carbocycles. The zero-order valence-electron chi connectivity index (χ0n) is 21.4. The maximum atomic E-state index is 11.1. The molecule has 7 nitrogen and oxygen atoms in total. The predicted octanol–water partition coefficient (Wildman–Crippen LogP) is 5.67. The Morgan fingerprint density at radius 3 is 2.46 bits per heavy atom. The standard InChI is InChI=1S/C30H32N2O5/c1-19-14-27-25-16-28(36-3)29(37-18-20-4-6-21(7-5-20)30(33)34)15-22(25)12-13-32(27)17-26(19)31-23-8-10-24(35-2)11-9-23/h4-11,15-16,27,31H,12-14,17-18H2,1-3H3,(H,33,34). The summed E-state index contributed by atoms with van der Waals surface area (Å²) in [5.74, 6) is 1.34. The van der Waals surface area contributed by atoms with Gasteiger partial charge in [-0.05, 0) is 85.0 Å². The van der Waals surface area contributed by atoms with E-state index >= 15 is 0 Å². The van der Waals surface area contributed by atoms with Crippen LogP contribution in [0.3, 0.4) is 0 Å². The molecule has 5 rings (SSSR count). The summed E-state index contributed by atoms with van der Waals surface area (Å²) in [7, 11) is 3.34. The Bertz CT molecular complexity index is 1320. The number of nitrogens with zero attached hydrogens (tertiary/aromatic N) is 1. The van der Waals surface area contributed by atoms with Gasteiger partial charge in [0.25, 0.3) is 0 Å². The molecule has 0 spiro atoms. The summed E-state index contributed by atoms with van der Waals surface area (Å²) in [5, 5.41) is 12.7. The lowest BCUT2D eigenvalue weighted by Crippen LogP contribution is -2.41. The van der Waals surface area contributed by atoms with Crippen LogP contribution in [0.5, 0.6) is 17.2 Å². The second kappa shape index (κ2) is 10.6. The fourth-order valence-electron chi connectivity index (χ4n) is 5.11. The van der Waals surface area contributed by atoms with E-state index in [1.807, 2.05) is 24.3 Å². The van der Waals surface area contributed by atoms with Crippen molar-refractivity contribution in [2.24, 2.45) is 0 Å². The number of nitrogens with one attached hydrogen (secondary N) is 1. The molecule has 3 aromatic carbocycles. The van der Waals surface area contributed by atoms with Crippen LogP contribution in [0.4, 0.5) is 5.69 Å². The molecule has 2 aliphatic rings. The summed E-state index contributed by atoms with van der Waals surface area (Å²) in [6.07, 6.45) is 1.89. The molecule has 0 fully saturated rings. The Labute approximate surface area is 217 Å². The molecule has 37 heavy (non-hydrogen) atoms. The number of anilines is 1. The van der Waals surface area contributed by atoms with Crippen LogP contribution >= 0.6 is 0 Å². The first kappa shape index (κ1) is 24.7. The molecule has 0 radical (unpaired) electrons. The minimum atomic E-state index is -0.936. The average Bonchev–Trinajstić information content (AvgIpc) is 2.92. The fraction of sp³-hybridized carbons (Fsp3) is 0.300. The zero-order valence-corrected chi connectivity index (χ0v) is 21.4. The maximum Gasteiger partial charge on any atom is 0.335 e. The number of ether oxygens (including phenoxy) is 3. The van der Waals surface area contributed by atoms with Crippen molar-refractivity contribution in [3.8, 4) is 17.2 Å². The van der Waals surface area contributed by atoms with E-state index in [-0.39, 0.29) is 5.56 Å². The van der Waals surface area contributed by atoms with Gasteiger partial charge in [-0.3, -0.25) is 4.90 Å². The molecule has 1 atom stereocenters. The number of carbonyl (C=O) groups is 1. The van der Waals surface area contributed by atoms with Crippen LogP contribution in [-0.4, -0.2) is 43.3 Å². The fourth-order valence-corrected chi connectivity index (χ4v) is 5.11. The van der Waals surface area contributed by atoms with Crippen LogP contribution in [0.25, 0.3) is 0 Å². The Hall–Kier alpha value is -3.97. The van der Waals surface area contributed by atoms with E-state index in [4.69, 9.17) is 19.3 Å². The molecular weight excluding hydrogens is 468 g/mol. The number of rotatable bonds is 8. The number of fused-ring (bicyclic) bond motifs is 3. The Kier molecular flexibility index (Phi) is 7.06. The maximum absolute atomic E-state index is 11.1. The van der Waals surface area contributed by atoms with Crippen molar-refractivity contribution < 1.29 is 24.1 Å². The Morgan fingerprint density at radius 2 is 1.78 bits per heavy atom. The zero-order chi connectivity index (χ0) is 25.9. The average molecular weight is 501 g/mol. The molecule has 0 bridgehead atoms. The van der Waals surface area contributed by atoms with E-state index in [0.717, 1.165) is 42.9 Å². The summed E-state index contributed by atoms with van der Waals surface area (Å²) in [4.78, 5) is 13.6. The first-order chi connectivity index (χ1) is 17.9. The largest absolute Gasteiger partial charge is 0.497 e. The Morgan fingerprint density at radius 1 is 1.03 bits per heavy atom. The van der Waals surface area contributed by atoms with Crippen molar-refractivity contribution in [3.05, 3.63) is 94.2 Å². The van der Waals surface area contributed by atoms with E-state index in [9.17, 15) is 4.79 Å². The monoisotopic (exact) mass is 500 g/mol. The van der Waals surface area contributed by atoms with Crippen LogP contribution in [0, 0.1) is 0 Å². The van der Waals surface area contributed by atoms with Crippen LogP contribution in [0.15, 0.2) is 71.9 Å². The first-order valence-corrected chi connectivity index (χ1v) is 12.4. The molecule has 0 saturated heterocycles. The molecule has 0 aromatic heterocycles. The molecule has 2 N–H and O–H groups in total. The molecule has 3 aromatic rings. The van der Waals surface area contributed by atoms with E-state index in [0.29, 0.717) is 24.1 Å². The van der Waals surface area contributed by atoms with Crippen LogP contribution in [0.1, 0.15) is 46.4 Å². The first-order valence-electron chi connectivity index (χ1n) is 12.4. The highest BCUT2D eigenvalue weighted by atomic mass is 16.5. The highest BCUT2D eigenvalue weighted by Gasteiger charge is 2.33. The van der Waals surface area contributed by atoms with Gasteiger partial charge < -0.3 is 24.6 Å². The summed E-state index contributed by atoms with van der Waals surface area (Å²) in [6.45, 7) is 4.39. The second-order valence-electron chi connectivity index (χ2n) is 9.55. The minimum absolute atomic E-state index is 0.263. The highest BCUT2D eigenvalue weighted by molar-refractivity contribution is 5.87. The topological polar surface area (TPSA) is 80.3 Å². The number of hydrogen-bond donors (Lipinski definition) is 2. The lowest BCUT2D eigenvalue weighted by atomic mass is 9.85. The van der Waals surface area contributed by atoms with Gasteiger partial charge in [-0.2, -0.15) is 0 Å². The van der Waals surface area contributed by atoms with Crippen molar-refractivity contribution >= 4 is 11.7 Å². The highest BCUT2D eigenvalue weighted by Crippen LogP contribution is 2.43. The number of aromatic carboxylic acids is 1. The van der Waals surface area contributed by atoms with Crippen LogP contribution in [0.2, 0.25) is 0 Å². The van der Waals surface area contributed by atoms with Gasteiger partial charge >= 0.3 is 5.97 Å². The van der Waals surface area contributed by atoms with Gasteiger partial charge in [0, 0.05) is 30.5 Å². The van der Waals surface area contributed by atoms with Crippen molar-refractivity contribution in [3.63, 3.8) is 0 Å². The number of carboxylic acid groups (broad SMARTS) is 1. The van der Waals surface area contributed by atoms with E-state index in [1.165, 1.54) is 22.4 Å². The molecule has 0 amide bonds. The Balaban J connectivity index is 1.32. The van der Waals surface area contributed by atoms with Gasteiger partial charge in [0.15, 0.2) is 11.5 Å². The quantitative estimate of drug-likeness (QED) is 0.412. The predicted molar refractivity (Wildman–Crippen MR) is 143 cm³/mol. The van der Waals surface area contributed by atoms with Gasteiger partial charge in [-0.1, -0.05) is 17.7 Å². The minimum Gasteiger partial charge on any atom is -0.497 e.